The van der Waals surface area contributed by atoms with Crippen molar-refractivity contribution in [2.45, 2.75) is 19.9 Å². The summed E-state index contributed by atoms with van der Waals surface area (Å²) in [6.45, 7) is 7.59. The number of nitrogens with one attached hydrogen (secondary N) is 1. The first-order valence-corrected chi connectivity index (χ1v) is 9.45. The van der Waals surface area contributed by atoms with E-state index >= 15 is 0 Å². The van der Waals surface area contributed by atoms with Crippen molar-refractivity contribution in [3.8, 4) is 0 Å². The molecule has 0 saturated carbocycles. The topological polar surface area (TPSA) is 59.1 Å². The average molecular weight is 349 g/mol. The minimum Gasteiger partial charge on any atom is -0.340 e. The highest BCUT2D eigenvalue weighted by Crippen LogP contribution is 2.27. The van der Waals surface area contributed by atoms with Gasteiger partial charge in [-0.1, -0.05) is 42.0 Å². The molecule has 26 heavy (non-hydrogen) atoms. The van der Waals surface area contributed by atoms with Crippen LogP contribution in [0, 0.1) is 6.92 Å². The van der Waals surface area contributed by atoms with Gasteiger partial charge in [0.1, 0.15) is 0 Å². The molecule has 0 radical (unpaired) electrons. The molecule has 0 unspecified atom stereocenters. The van der Waals surface area contributed by atoms with E-state index in [4.69, 9.17) is 10.7 Å². The predicted molar refractivity (Wildman–Crippen MR) is 108 cm³/mol. The van der Waals surface area contributed by atoms with Gasteiger partial charge in [0.15, 0.2) is 0 Å². The molecule has 1 aromatic heterocycles. The van der Waals surface area contributed by atoms with Crippen LogP contribution in [0.4, 0.5) is 5.95 Å². The highest BCUT2D eigenvalue weighted by molar-refractivity contribution is 5.82. The molecule has 2 heterocycles. The van der Waals surface area contributed by atoms with Gasteiger partial charge in [0.05, 0.1) is 17.6 Å². The lowest BCUT2D eigenvalue weighted by Crippen LogP contribution is -2.44. The van der Waals surface area contributed by atoms with Crippen molar-refractivity contribution in [1.82, 2.24) is 14.9 Å². The summed E-state index contributed by atoms with van der Waals surface area (Å²) in [4.78, 5) is 7.47. The van der Waals surface area contributed by atoms with Crippen LogP contribution in [0.2, 0.25) is 0 Å². The van der Waals surface area contributed by atoms with Crippen molar-refractivity contribution in [3.05, 3.63) is 59.2 Å². The number of imidazole rings is 1. The Morgan fingerprint density at radius 2 is 1.85 bits per heavy atom. The summed E-state index contributed by atoms with van der Waals surface area (Å²) in [5, 5.41) is 3.43. The summed E-state index contributed by atoms with van der Waals surface area (Å²) >= 11 is 0. The SMILES string of the molecule is Cc1ccc(Cn2c(N3CCNCC3)nc3c(CCN)cccc32)cc1. The van der Waals surface area contributed by atoms with Crippen molar-refractivity contribution in [1.29, 1.82) is 0 Å². The van der Waals surface area contributed by atoms with Crippen LogP contribution in [0.3, 0.4) is 0 Å². The highest BCUT2D eigenvalue weighted by Gasteiger charge is 2.20. The zero-order chi connectivity index (χ0) is 17.9. The van der Waals surface area contributed by atoms with Crippen LogP contribution in [-0.4, -0.2) is 42.3 Å². The number of fused-ring (bicyclic) bond motifs is 1. The zero-order valence-corrected chi connectivity index (χ0v) is 15.4. The van der Waals surface area contributed by atoms with Crippen LogP contribution in [0.15, 0.2) is 42.5 Å². The Balaban J connectivity index is 1.81. The van der Waals surface area contributed by atoms with Crippen molar-refractivity contribution in [2.24, 2.45) is 5.73 Å². The molecule has 1 aliphatic rings. The van der Waals surface area contributed by atoms with E-state index in [-0.39, 0.29) is 0 Å². The zero-order valence-electron chi connectivity index (χ0n) is 15.4. The van der Waals surface area contributed by atoms with E-state index in [1.54, 1.807) is 0 Å². The maximum absolute atomic E-state index is 5.82. The van der Waals surface area contributed by atoms with Gasteiger partial charge in [-0.25, -0.2) is 4.98 Å². The number of para-hydroxylation sites is 1. The monoisotopic (exact) mass is 349 g/mol. The van der Waals surface area contributed by atoms with Crippen LogP contribution in [0.1, 0.15) is 16.7 Å². The van der Waals surface area contributed by atoms with Crippen LogP contribution in [0.25, 0.3) is 11.0 Å². The van der Waals surface area contributed by atoms with Crippen molar-refractivity contribution in [2.75, 3.05) is 37.6 Å². The number of aryl methyl sites for hydroxylation is 1. The average Bonchev–Trinajstić information content (AvgIpc) is 3.04. The van der Waals surface area contributed by atoms with Gasteiger partial charge < -0.3 is 20.5 Å². The van der Waals surface area contributed by atoms with E-state index in [1.807, 2.05) is 0 Å². The second kappa shape index (κ2) is 7.48. The summed E-state index contributed by atoms with van der Waals surface area (Å²) in [6, 6.07) is 15.3. The minimum absolute atomic E-state index is 0.646. The third kappa shape index (κ3) is 3.32. The largest absolute Gasteiger partial charge is 0.340 e. The van der Waals surface area contributed by atoms with E-state index in [9.17, 15) is 0 Å². The van der Waals surface area contributed by atoms with Crippen LogP contribution >= 0.6 is 0 Å². The Morgan fingerprint density at radius 1 is 1.08 bits per heavy atom. The standard InChI is InChI=1S/C21H27N5/c1-16-5-7-17(8-6-16)15-26-19-4-2-3-18(9-10-22)20(19)24-21(26)25-13-11-23-12-14-25/h2-8,23H,9-15,22H2,1H3. The quantitative estimate of drug-likeness (QED) is 0.742. The third-order valence-corrected chi connectivity index (χ3v) is 5.12. The number of piperazine rings is 1. The Kier molecular flexibility index (Phi) is 4.91. The van der Waals surface area contributed by atoms with Crippen molar-refractivity contribution < 1.29 is 0 Å². The summed E-state index contributed by atoms with van der Waals surface area (Å²) in [5.74, 6) is 1.08. The first-order chi connectivity index (χ1) is 12.8. The number of anilines is 1. The van der Waals surface area contributed by atoms with E-state index in [0.29, 0.717) is 6.54 Å². The summed E-state index contributed by atoms with van der Waals surface area (Å²) in [5.41, 5.74) is 11.9. The fourth-order valence-electron chi connectivity index (χ4n) is 3.69. The molecule has 1 aliphatic heterocycles. The first kappa shape index (κ1) is 17.1. The lowest BCUT2D eigenvalue weighted by Gasteiger charge is -2.29. The second-order valence-electron chi connectivity index (χ2n) is 7.04. The molecule has 0 atom stereocenters. The number of rotatable bonds is 5. The van der Waals surface area contributed by atoms with E-state index in [2.05, 4.69) is 64.2 Å². The molecule has 1 fully saturated rings. The molecule has 4 rings (SSSR count). The highest BCUT2D eigenvalue weighted by atomic mass is 15.3. The predicted octanol–water partition coefficient (Wildman–Crippen LogP) is 2.30. The number of benzene rings is 2. The lowest BCUT2D eigenvalue weighted by atomic mass is 10.1. The number of hydrogen-bond acceptors (Lipinski definition) is 4. The molecule has 2 aromatic carbocycles. The van der Waals surface area contributed by atoms with Crippen LogP contribution < -0.4 is 16.0 Å². The maximum Gasteiger partial charge on any atom is 0.206 e. The molecule has 0 spiro atoms. The van der Waals surface area contributed by atoms with Crippen LogP contribution in [-0.2, 0) is 13.0 Å². The molecule has 136 valence electrons. The van der Waals surface area contributed by atoms with Crippen molar-refractivity contribution >= 4 is 17.0 Å². The normalized spacial score (nSPS) is 14.9. The Bertz CT molecular complexity index is 875. The minimum atomic E-state index is 0.646. The molecule has 0 amide bonds. The first-order valence-electron chi connectivity index (χ1n) is 9.45. The Morgan fingerprint density at radius 3 is 2.58 bits per heavy atom. The third-order valence-electron chi connectivity index (χ3n) is 5.12. The summed E-state index contributed by atoms with van der Waals surface area (Å²) < 4.78 is 2.37. The molecule has 0 bridgehead atoms. The second-order valence-corrected chi connectivity index (χ2v) is 7.04. The van der Waals surface area contributed by atoms with Gasteiger partial charge in [-0.15, -0.1) is 0 Å². The Labute approximate surface area is 154 Å². The van der Waals surface area contributed by atoms with Gasteiger partial charge in [0.2, 0.25) is 5.95 Å². The lowest BCUT2D eigenvalue weighted by molar-refractivity contribution is 0.571. The smallest absolute Gasteiger partial charge is 0.206 e. The molecule has 3 N–H and O–H groups in total. The number of aromatic nitrogens is 2. The summed E-state index contributed by atoms with van der Waals surface area (Å²) in [6.07, 6.45) is 0.861. The van der Waals surface area contributed by atoms with E-state index < -0.39 is 0 Å². The molecule has 5 heteroatoms. The van der Waals surface area contributed by atoms with E-state index in [0.717, 1.165) is 50.6 Å². The number of hydrogen-bond donors (Lipinski definition) is 2. The summed E-state index contributed by atoms with van der Waals surface area (Å²) in [7, 11) is 0. The van der Waals surface area contributed by atoms with Crippen molar-refractivity contribution in [3.63, 3.8) is 0 Å². The van der Waals surface area contributed by atoms with Gasteiger partial charge in [-0.2, -0.15) is 0 Å². The van der Waals surface area contributed by atoms with Gasteiger partial charge in [0, 0.05) is 26.2 Å². The number of nitrogens with two attached hydrogens (primary N) is 1. The number of nitrogens with zero attached hydrogens (tertiary/aromatic N) is 3. The van der Waals surface area contributed by atoms with E-state index in [1.165, 1.54) is 22.2 Å². The van der Waals surface area contributed by atoms with Gasteiger partial charge in [-0.05, 0) is 37.1 Å². The molecule has 1 saturated heterocycles. The Hall–Kier alpha value is -2.37. The maximum atomic E-state index is 5.82. The molecule has 0 aliphatic carbocycles. The van der Waals surface area contributed by atoms with Gasteiger partial charge in [0.25, 0.3) is 0 Å². The molecular weight excluding hydrogens is 322 g/mol. The molecular formula is C21H27N5. The van der Waals surface area contributed by atoms with Gasteiger partial charge in [-0.3, -0.25) is 0 Å². The van der Waals surface area contributed by atoms with Crippen LogP contribution in [0.5, 0.6) is 0 Å². The fraction of sp³-hybridized carbons (Fsp3) is 0.381. The fourth-order valence-corrected chi connectivity index (χ4v) is 3.69. The molecule has 5 nitrogen and oxygen atoms in total. The van der Waals surface area contributed by atoms with Gasteiger partial charge >= 0.3 is 0 Å². The molecule has 3 aromatic rings.